The van der Waals surface area contributed by atoms with Crippen LogP contribution in [0.4, 0.5) is 0 Å². The molecule has 0 saturated carbocycles. The van der Waals surface area contributed by atoms with Crippen molar-refractivity contribution in [3.05, 3.63) is 34.4 Å². The second-order valence-corrected chi connectivity index (χ2v) is 4.01. The molecule has 0 saturated heterocycles. The van der Waals surface area contributed by atoms with E-state index in [-0.39, 0.29) is 5.92 Å². The fourth-order valence-corrected chi connectivity index (χ4v) is 1.63. The topological polar surface area (TPSA) is 50.1 Å². The molecule has 84 valence electrons. The highest BCUT2D eigenvalue weighted by Gasteiger charge is 2.15. The molecule has 1 rings (SSSR count). The van der Waals surface area contributed by atoms with Gasteiger partial charge in [0.1, 0.15) is 0 Å². The van der Waals surface area contributed by atoms with Crippen molar-refractivity contribution in [3.8, 4) is 6.07 Å². The van der Waals surface area contributed by atoms with Crippen molar-refractivity contribution in [2.75, 3.05) is 7.11 Å². The zero-order valence-corrected chi connectivity index (χ0v) is 10.00. The number of hydrogen-bond donors (Lipinski definition) is 0. The van der Waals surface area contributed by atoms with Gasteiger partial charge >= 0.3 is 5.97 Å². The van der Waals surface area contributed by atoms with Crippen LogP contribution in [-0.4, -0.2) is 13.1 Å². The van der Waals surface area contributed by atoms with E-state index in [1.807, 2.05) is 26.8 Å². The van der Waals surface area contributed by atoms with Crippen molar-refractivity contribution in [1.82, 2.24) is 0 Å². The number of aryl methyl sites for hydroxylation is 1. The molecule has 1 aromatic rings. The van der Waals surface area contributed by atoms with Crippen LogP contribution < -0.4 is 0 Å². The number of benzene rings is 1. The first-order chi connectivity index (χ1) is 7.51. The van der Waals surface area contributed by atoms with Crippen LogP contribution in [0.25, 0.3) is 0 Å². The second kappa shape index (κ2) is 4.80. The lowest BCUT2D eigenvalue weighted by molar-refractivity contribution is 0.0600. The van der Waals surface area contributed by atoms with Gasteiger partial charge in [0.05, 0.1) is 24.3 Å². The predicted octanol–water partition coefficient (Wildman–Crippen LogP) is 2.78. The molecule has 16 heavy (non-hydrogen) atoms. The second-order valence-electron chi connectivity index (χ2n) is 4.01. The summed E-state index contributed by atoms with van der Waals surface area (Å²) >= 11 is 0. The molecule has 0 aromatic heterocycles. The fraction of sp³-hybridized carbons (Fsp3) is 0.385. The molecular weight excluding hydrogens is 202 g/mol. The molecule has 0 unspecified atom stereocenters. The number of nitriles is 1. The highest BCUT2D eigenvalue weighted by molar-refractivity contribution is 5.91. The number of esters is 1. The summed E-state index contributed by atoms with van der Waals surface area (Å²) in [6, 6.07) is 5.61. The Labute approximate surface area is 95.7 Å². The summed E-state index contributed by atoms with van der Waals surface area (Å²) in [5.74, 6) is -0.135. The fourth-order valence-electron chi connectivity index (χ4n) is 1.63. The lowest BCUT2D eigenvalue weighted by Crippen LogP contribution is -2.06. The summed E-state index contributed by atoms with van der Waals surface area (Å²) in [5, 5.41) is 9.04. The maximum absolute atomic E-state index is 11.5. The molecule has 0 fully saturated rings. The zero-order chi connectivity index (χ0) is 12.3. The average Bonchev–Trinajstić information content (AvgIpc) is 2.27. The van der Waals surface area contributed by atoms with Crippen LogP contribution in [-0.2, 0) is 4.74 Å². The van der Waals surface area contributed by atoms with Crippen LogP contribution in [0, 0.1) is 18.3 Å². The van der Waals surface area contributed by atoms with Crippen LogP contribution in [0.15, 0.2) is 12.1 Å². The normalized spacial score (nSPS) is 10.0. The number of ether oxygens (including phenoxy) is 1. The van der Waals surface area contributed by atoms with E-state index in [1.54, 1.807) is 6.07 Å². The number of carbonyl (C=O) groups excluding carboxylic acids is 1. The van der Waals surface area contributed by atoms with Crippen molar-refractivity contribution in [1.29, 1.82) is 5.26 Å². The van der Waals surface area contributed by atoms with Gasteiger partial charge in [-0.1, -0.05) is 19.9 Å². The number of nitrogens with zero attached hydrogens (tertiary/aromatic N) is 1. The highest BCUT2D eigenvalue weighted by Crippen LogP contribution is 2.23. The smallest absolute Gasteiger partial charge is 0.338 e. The lowest BCUT2D eigenvalue weighted by atomic mass is 9.93. The van der Waals surface area contributed by atoms with Crippen LogP contribution >= 0.6 is 0 Å². The molecule has 0 bridgehead atoms. The minimum absolute atomic E-state index is 0.264. The lowest BCUT2D eigenvalue weighted by Gasteiger charge is -2.11. The maximum Gasteiger partial charge on any atom is 0.338 e. The van der Waals surface area contributed by atoms with Gasteiger partial charge in [0.2, 0.25) is 0 Å². The Morgan fingerprint density at radius 1 is 1.44 bits per heavy atom. The molecule has 0 amide bonds. The van der Waals surface area contributed by atoms with E-state index in [9.17, 15) is 4.79 Å². The molecule has 0 spiro atoms. The first-order valence-electron chi connectivity index (χ1n) is 5.14. The molecule has 0 aliphatic carbocycles. The molecule has 3 nitrogen and oxygen atoms in total. The van der Waals surface area contributed by atoms with Crippen molar-refractivity contribution in [2.45, 2.75) is 26.7 Å². The van der Waals surface area contributed by atoms with Crippen LogP contribution in [0.2, 0.25) is 0 Å². The van der Waals surface area contributed by atoms with Gasteiger partial charge in [0, 0.05) is 0 Å². The number of carbonyl (C=O) groups is 1. The van der Waals surface area contributed by atoms with Crippen molar-refractivity contribution < 1.29 is 9.53 Å². The van der Waals surface area contributed by atoms with Crippen molar-refractivity contribution in [2.24, 2.45) is 0 Å². The van der Waals surface area contributed by atoms with Gasteiger partial charge in [-0.15, -0.1) is 0 Å². The number of hydrogen-bond acceptors (Lipinski definition) is 3. The first kappa shape index (κ1) is 12.3. The predicted molar refractivity (Wildman–Crippen MR) is 61.3 cm³/mol. The van der Waals surface area contributed by atoms with E-state index in [0.717, 1.165) is 11.1 Å². The van der Waals surface area contributed by atoms with Crippen LogP contribution in [0.5, 0.6) is 0 Å². The Bertz CT molecular complexity index is 456. The molecular formula is C13H15NO2. The third-order valence-corrected chi connectivity index (χ3v) is 2.54. The van der Waals surface area contributed by atoms with E-state index in [0.29, 0.717) is 11.1 Å². The molecule has 0 atom stereocenters. The Morgan fingerprint density at radius 3 is 2.50 bits per heavy atom. The minimum Gasteiger partial charge on any atom is -0.465 e. The third kappa shape index (κ3) is 2.22. The molecule has 0 radical (unpaired) electrons. The Balaban J connectivity index is 3.38. The number of rotatable bonds is 2. The third-order valence-electron chi connectivity index (χ3n) is 2.54. The molecule has 3 heteroatoms. The summed E-state index contributed by atoms with van der Waals surface area (Å²) in [6.07, 6.45) is 0. The SMILES string of the molecule is COC(=O)c1cc(C#N)c(C(C)C)cc1C. The molecule has 0 aliphatic heterocycles. The van der Waals surface area contributed by atoms with Gasteiger partial charge in [-0.2, -0.15) is 5.26 Å². The van der Waals surface area contributed by atoms with E-state index in [4.69, 9.17) is 5.26 Å². The van der Waals surface area contributed by atoms with E-state index < -0.39 is 5.97 Å². The summed E-state index contributed by atoms with van der Waals surface area (Å²) < 4.78 is 4.67. The van der Waals surface area contributed by atoms with Gasteiger partial charge in [-0.25, -0.2) is 4.79 Å². The van der Waals surface area contributed by atoms with Gasteiger partial charge in [0.15, 0.2) is 0 Å². The number of methoxy groups -OCH3 is 1. The van der Waals surface area contributed by atoms with Gasteiger partial charge in [-0.3, -0.25) is 0 Å². The van der Waals surface area contributed by atoms with E-state index >= 15 is 0 Å². The summed E-state index contributed by atoms with van der Waals surface area (Å²) in [7, 11) is 1.34. The highest BCUT2D eigenvalue weighted by atomic mass is 16.5. The summed E-state index contributed by atoms with van der Waals surface area (Å²) in [4.78, 5) is 11.5. The van der Waals surface area contributed by atoms with Crippen LogP contribution in [0.3, 0.4) is 0 Å². The largest absolute Gasteiger partial charge is 0.465 e. The first-order valence-corrected chi connectivity index (χ1v) is 5.14. The Hall–Kier alpha value is -1.82. The molecule has 1 aromatic carbocycles. The van der Waals surface area contributed by atoms with Crippen molar-refractivity contribution >= 4 is 5.97 Å². The molecule has 0 N–H and O–H groups in total. The summed E-state index contributed by atoms with van der Waals surface area (Å²) in [6.45, 7) is 5.89. The van der Waals surface area contributed by atoms with E-state index in [1.165, 1.54) is 7.11 Å². The zero-order valence-electron chi connectivity index (χ0n) is 10.00. The van der Waals surface area contributed by atoms with Gasteiger partial charge in [0.25, 0.3) is 0 Å². The van der Waals surface area contributed by atoms with E-state index in [2.05, 4.69) is 10.8 Å². The molecule has 0 heterocycles. The Morgan fingerprint density at radius 2 is 2.06 bits per heavy atom. The Kier molecular flexibility index (Phi) is 3.68. The average molecular weight is 217 g/mol. The standard InChI is InChI=1S/C13H15NO2/c1-8(2)11-5-9(3)12(13(15)16-4)6-10(11)7-14/h5-6,8H,1-4H3. The quantitative estimate of drug-likeness (QED) is 0.716. The van der Waals surface area contributed by atoms with Crippen molar-refractivity contribution in [3.63, 3.8) is 0 Å². The van der Waals surface area contributed by atoms with Crippen LogP contribution in [0.1, 0.15) is 46.8 Å². The molecule has 0 aliphatic rings. The van der Waals surface area contributed by atoms with Gasteiger partial charge < -0.3 is 4.74 Å². The summed E-state index contributed by atoms with van der Waals surface area (Å²) in [5.41, 5.74) is 2.81. The monoisotopic (exact) mass is 217 g/mol. The minimum atomic E-state index is -0.399. The van der Waals surface area contributed by atoms with Gasteiger partial charge in [-0.05, 0) is 30.0 Å². The maximum atomic E-state index is 11.5.